The van der Waals surface area contributed by atoms with Crippen molar-refractivity contribution in [1.82, 2.24) is 20.9 Å². The zero-order valence-corrected chi connectivity index (χ0v) is 23.6. The number of piperidine rings is 2. The van der Waals surface area contributed by atoms with Crippen LogP contribution in [0.25, 0.3) is 0 Å². The fourth-order valence-electron chi connectivity index (χ4n) is 3.69. The van der Waals surface area contributed by atoms with Crippen LogP contribution in [0.15, 0.2) is 0 Å². The highest BCUT2D eigenvalue weighted by Gasteiger charge is 2.29. The first kappa shape index (κ1) is 33.4. The van der Waals surface area contributed by atoms with Crippen LogP contribution in [0.4, 0.5) is 9.59 Å². The zero-order valence-electron chi connectivity index (χ0n) is 23.6. The fourth-order valence-corrected chi connectivity index (χ4v) is 3.69. The van der Waals surface area contributed by atoms with Gasteiger partial charge in [0, 0.05) is 25.7 Å². The highest BCUT2D eigenvalue weighted by Crippen LogP contribution is 2.18. The Hall–Kier alpha value is -2.64. The molecule has 0 radical (unpaired) electrons. The molecule has 0 aromatic carbocycles. The maximum Gasteiger partial charge on any atom is 0.410 e. The first-order valence-electron chi connectivity index (χ1n) is 13.1. The molecular weight excluding hydrogens is 498 g/mol. The number of rotatable bonds is 7. The predicted molar refractivity (Wildman–Crippen MR) is 140 cm³/mol. The third-order valence-corrected chi connectivity index (χ3v) is 6.00. The van der Waals surface area contributed by atoms with Gasteiger partial charge in [0.15, 0.2) is 6.04 Å². The van der Waals surface area contributed by atoms with Gasteiger partial charge in [-0.05, 0) is 73.4 Å². The van der Waals surface area contributed by atoms with E-state index < -0.39 is 35.9 Å². The minimum atomic E-state index is -1.10. The smallest absolute Gasteiger partial charge is 0.410 e. The second-order valence-electron chi connectivity index (χ2n) is 11.0. The highest BCUT2D eigenvalue weighted by atomic mass is 16.6. The summed E-state index contributed by atoms with van der Waals surface area (Å²) in [6.45, 7) is 11.7. The van der Waals surface area contributed by atoms with Gasteiger partial charge < -0.3 is 45.9 Å². The molecule has 0 spiro atoms. The molecule has 2 aliphatic heterocycles. The number of hydrogen-bond acceptors (Lipinski definition) is 10. The van der Waals surface area contributed by atoms with Crippen molar-refractivity contribution >= 4 is 24.1 Å². The van der Waals surface area contributed by atoms with Gasteiger partial charge in [-0.3, -0.25) is 4.79 Å². The molecule has 38 heavy (non-hydrogen) atoms. The quantitative estimate of drug-likeness (QED) is 0.223. The van der Waals surface area contributed by atoms with Crippen LogP contribution in [0, 0.1) is 5.92 Å². The van der Waals surface area contributed by atoms with E-state index in [1.54, 1.807) is 4.90 Å². The van der Waals surface area contributed by atoms with Crippen molar-refractivity contribution in [2.45, 2.75) is 83.6 Å². The number of carbonyl (C=O) groups excluding carboxylic acids is 4. The van der Waals surface area contributed by atoms with Crippen LogP contribution in [-0.2, 0) is 23.8 Å². The number of aliphatic hydroxyl groups excluding tert-OH is 1. The van der Waals surface area contributed by atoms with Crippen molar-refractivity contribution in [1.29, 1.82) is 0 Å². The Balaban J connectivity index is 0.000000437. The number of nitrogens with two attached hydrogens (primary N) is 1. The van der Waals surface area contributed by atoms with E-state index >= 15 is 0 Å². The lowest BCUT2D eigenvalue weighted by molar-refractivity contribution is -0.161. The van der Waals surface area contributed by atoms with E-state index in [1.807, 2.05) is 34.6 Å². The van der Waals surface area contributed by atoms with Crippen molar-refractivity contribution in [2.75, 3.05) is 46.4 Å². The standard InChI is InChI=1S/C15H27N3O6.C10H20N2O2/c1-15(2,3)24-14(22)18-7-5-10(6-8-18)16-13(21)17-11(9-19)12(20)23-4;1-10(2,7-11)14-9(13)8-3-5-12-6-4-8/h10-11,19H,5-9H2,1-4H3,(H2,16,17,21);8,12H,3-7,11H2,1-2H3. The number of nitrogens with zero attached hydrogens (tertiary/aromatic N) is 1. The number of hydrogen-bond donors (Lipinski definition) is 5. The first-order valence-corrected chi connectivity index (χ1v) is 13.1. The second-order valence-corrected chi connectivity index (χ2v) is 11.0. The maximum absolute atomic E-state index is 12.0. The Labute approximate surface area is 225 Å². The van der Waals surface area contributed by atoms with E-state index in [2.05, 4.69) is 20.7 Å². The highest BCUT2D eigenvalue weighted by molar-refractivity contribution is 5.83. The van der Waals surface area contributed by atoms with Crippen LogP contribution in [-0.4, -0.2) is 104 Å². The summed E-state index contributed by atoms with van der Waals surface area (Å²) in [5.41, 5.74) is 4.43. The summed E-state index contributed by atoms with van der Waals surface area (Å²) in [5, 5.41) is 17.4. The average molecular weight is 546 g/mol. The monoisotopic (exact) mass is 545 g/mol. The number of aliphatic hydroxyl groups is 1. The third-order valence-electron chi connectivity index (χ3n) is 6.00. The lowest BCUT2D eigenvalue weighted by Gasteiger charge is -2.33. The Kier molecular flexibility index (Phi) is 13.8. The van der Waals surface area contributed by atoms with E-state index in [0.717, 1.165) is 25.9 Å². The number of esters is 2. The van der Waals surface area contributed by atoms with Crippen LogP contribution < -0.4 is 21.7 Å². The summed E-state index contributed by atoms with van der Waals surface area (Å²) in [5.74, 6) is -0.753. The number of methoxy groups -OCH3 is 1. The minimum absolute atomic E-state index is 0.0575. The van der Waals surface area contributed by atoms with E-state index in [4.69, 9.17) is 20.3 Å². The maximum atomic E-state index is 12.0. The average Bonchev–Trinajstić information content (AvgIpc) is 2.87. The number of ether oxygens (including phenoxy) is 3. The number of amides is 3. The molecule has 2 aliphatic rings. The summed E-state index contributed by atoms with van der Waals surface area (Å²) >= 11 is 0. The van der Waals surface area contributed by atoms with E-state index in [1.165, 1.54) is 7.11 Å². The van der Waals surface area contributed by atoms with Gasteiger partial charge in [0.1, 0.15) is 11.2 Å². The molecule has 2 rings (SSSR count). The number of likely N-dealkylation sites (tertiary alicyclic amines) is 1. The molecular formula is C25H47N5O8. The topological polar surface area (TPSA) is 182 Å². The molecule has 0 aliphatic carbocycles. The molecule has 3 amide bonds. The van der Waals surface area contributed by atoms with Crippen molar-refractivity contribution in [3.05, 3.63) is 0 Å². The Morgan fingerprint density at radius 3 is 2.08 bits per heavy atom. The summed E-state index contributed by atoms with van der Waals surface area (Å²) in [7, 11) is 1.18. The molecule has 13 heteroatoms. The van der Waals surface area contributed by atoms with Gasteiger partial charge >= 0.3 is 24.1 Å². The Morgan fingerprint density at radius 2 is 1.61 bits per heavy atom. The molecule has 0 bridgehead atoms. The van der Waals surface area contributed by atoms with Crippen LogP contribution in [0.5, 0.6) is 0 Å². The summed E-state index contributed by atoms with van der Waals surface area (Å²) in [4.78, 5) is 48.4. The van der Waals surface area contributed by atoms with Crippen molar-refractivity contribution in [3.8, 4) is 0 Å². The van der Waals surface area contributed by atoms with Gasteiger partial charge in [-0.1, -0.05) is 0 Å². The van der Waals surface area contributed by atoms with Gasteiger partial charge in [-0.25, -0.2) is 14.4 Å². The van der Waals surface area contributed by atoms with Gasteiger partial charge in [-0.15, -0.1) is 0 Å². The molecule has 0 saturated carbocycles. The lowest BCUT2D eigenvalue weighted by atomic mass is 9.98. The van der Waals surface area contributed by atoms with Crippen LogP contribution in [0.1, 0.15) is 60.3 Å². The van der Waals surface area contributed by atoms with E-state index in [0.29, 0.717) is 32.5 Å². The molecule has 1 unspecified atom stereocenters. The summed E-state index contributed by atoms with van der Waals surface area (Å²) < 4.78 is 15.1. The summed E-state index contributed by atoms with van der Waals surface area (Å²) in [6, 6.07) is -1.78. The largest absolute Gasteiger partial charge is 0.467 e. The number of nitrogens with one attached hydrogen (secondary N) is 3. The molecule has 220 valence electrons. The molecule has 13 nitrogen and oxygen atoms in total. The third kappa shape index (κ3) is 12.7. The normalized spacial score (nSPS) is 17.8. The minimum Gasteiger partial charge on any atom is -0.467 e. The van der Waals surface area contributed by atoms with Crippen LogP contribution >= 0.6 is 0 Å². The van der Waals surface area contributed by atoms with Crippen molar-refractivity contribution in [2.24, 2.45) is 11.7 Å². The lowest BCUT2D eigenvalue weighted by Crippen LogP contribution is -2.53. The molecule has 2 saturated heterocycles. The first-order chi connectivity index (χ1) is 17.7. The molecule has 6 N–H and O–H groups in total. The summed E-state index contributed by atoms with van der Waals surface area (Å²) in [6.07, 6.45) is 2.54. The second kappa shape index (κ2) is 15.7. The van der Waals surface area contributed by atoms with E-state index in [9.17, 15) is 19.2 Å². The van der Waals surface area contributed by atoms with Gasteiger partial charge in [-0.2, -0.15) is 0 Å². The van der Waals surface area contributed by atoms with Gasteiger partial charge in [0.05, 0.1) is 19.6 Å². The van der Waals surface area contributed by atoms with Crippen LogP contribution in [0.2, 0.25) is 0 Å². The van der Waals surface area contributed by atoms with Crippen LogP contribution in [0.3, 0.4) is 0 Å². The van der Waals surface area contributed by atoms with Crippen molar-refractivity contribution < 1.29 is 38.5 Å². The molecule has 0 aromatic heterocycles. The molecule has 1 atom stereocenters. The zero-order chi connectivity index (χ0) is 28.9. The van der Waals surface area contributed by atoms with E-state index in [-0.39, 0.29) is 24.0 Å². The number of urea groups is 1. The molecule has 2 fully saturated rings. The Bertz CT molecular complexity index is 772. The SMILES string of the molecule is CC(C)(CN)OC(=O)C1CCNCC1.COC(=O)C(CO)NC(=O)NC1CCN(C(=O)OC(C)(C)C)CC1. The van der Waals surface area contributed by atoms with Crippen molar-refractivity contribution in [3.63, 3.8) is 0 Å². The predicted octanol–water partition coefficient (Wildman–Crippen LogP) is 0.486. The molecule has 0 aromatic rings. The Morgan fingerprint density at radius 1 is 1.03 bits per heavy atom. The van der Waals surface area contributed by atoms with Gasteiger partial charge in [0.25, 0.3) is 0 Å². The number of carbonyl (C=O) groups is 4. The molecule has 2 heterocycles. The fraction of sp³-hybridized carbons (Fsp3) is 0.840. The van der Waals surface area contributed by atoms with Gasteiger partial charge in [0.2, 0.25) is 0 Å².